The van der Waals surface area contributed by atoms with Crippen molar-refractivity contribution in [3.8, 4) is 0 Å². The number of hydrogen-bond donors (Lipinski definition) is 0. The van der Waals surface area contributed by atoms with E-state index in [0.717, 1.165) is 0 Å². The van der Waals surface area contributed by atoms with Crippen LogP contribution in [-0.4, -0.2) is 16.9 Å². The first kappa shape index (κ1) is 8.75. The molecule has 2 radical (unpaired) electrons. The maximum absolute atomic E-state index is 5.11. The molecule has 0 aromatic rings. The summed E-state index contributed by atoms with van der Waals surface area (Å²) in [4.78, 5) is 0. The minimum absolute atomic E-state index is 0.580. The Balaban J connectivity index is 2.45. The molecule has 0 aromatic carbocycles. The van der Waals surface area contributed by atoms with Gasteiger partial charge in [-0.05, 0) is 18.4 Å². The van der Waals surface area contributed by atoms with E-state index in [-0.39, 0.29) is 0 Å². The zero-order chi connectivity index (χ0) is 8.10. The highest BCUT2D eigenvalue weighted by molar-refractivity contribution is 6.30. The van der Waals surface area contributed by atoms with Crippen molar-refractivity contribution in [2.24, 2.45) is 0 Å². The van der Waals surface area contributed by atoms with Gasteiger partial charge >= 0.3 is 0 Å². The minimum atomic E-state index is 0.580. The second-order valence-corrected chi connectivity index (χ2v) is 4.24. The normalized spacial score (nSPS) is 19.6. The van der Waals surface area contributed by atoms with E-state index in [0.29, 0.717) is 15.3 Å². The third kappa shape index (κ3) is 2.64. The SMILES string of the molecule is CO[Si]C(C)C1=CCCC=C1. The first-order valence-electron chi connectivity index (χ1n) is 3.99. The quantitative estimate of drug-likeness (QED) is 0.585. The molecule has 2 heteroatoms. The van der Waals surface area contributed by atoms with E-state index in [1.54, 1.807) is 7.11 Å². The average Bonchev–Trinajstić information content (AvgIpc) is 2.07. The largest absolute Gasteiger partial charge is 0.420 e. The summed E-state index contributed by atoms with van der Waals surface area (Å²) in [5.74, 6) is 0. The first-order chi connectivity index (χ1) is 5.34. The van der Waals surface area contributed by atoms with Crippen LogP contribution in [0.2, 0.25) is 5.54 Å². The van der Waals surface area contributed by atoms with E-state index < -0.39 is 0 Å². The van der Waals surface area contributed by atoms with Crippen LogP contribution in [-0.2, 0) is 4.43 Å². The molecule has 1 rings (SSSR count). The molecule has 0 bridgehead atoms. The maximum atomic E-state index is 5.11. The summed E-state index contributed by atoms with van der Waals surface area (Å²) >= 11 is 0. The Morgan fingerprint density at radius 3 is 2.91 bits per heavy atom. The second-order valence-electron chi connectivity index (χ2n) is 2.73. The van der Waals surface area contributed by atoms with E-state index in [4.69, 9.17) is 4.43 Å². The van der Waals surface area contributed by atoms with Gasteiger partial charge in [0.15, 0.2) is 0 Å². The molecule has 0 spiro atoms. The third-order valence-electron chi connectivity index (χ3n) is 1.82. The Bertz CT molecular complexity index is 172. The summed E-state index contributed by atoms with van der Waals surface area (Å²) in [5.41, 5.74) is 2.02. The number of hydrogen-bond acceptors (Lipinski definition) is 1. The van der Waals surface area contributed by atoms with Crippen LogP contribution >= 0.6 is 0 Å². The van der Waals surface area contributed by atoms with E-state index in [2.05, 4.69) is 25.2 Å². The molecule has 1 aliphatic rings. The van der Waals surface area contributed by atoms with Crippen molar-refractivity contribution in [1.29, 1.82) is 0 Å². The molecule has 0 saturated heterocycles. The highest BCUT2D eigenvalue weighted by Crippen LogP contribution is 2.21. The Morgan fingerprint density at radius 2 is 2.36 bits per heavy atom. The fourth-order valence-electron chi connectivity index (χ4n) is 1.20. The van der Waals surface area contributed by atoms with Crippen LogP contribution in [0.25, 0.3) is 0 Å². The molecule has 11 heavy (non-hydrogen) atoms. The summed E-state index contributed by atoms with van der Waals surface area (Å²) < 4.78 is 5.11. The smallest absolute Gasteiger partial charge is 0.237 e. The van der Waals surface area contributed by atoms with Gasteiger partial charge in [-0.15, -0.1) is 0 Å². The summed E-state index contributed by atoms with van der Waals surface area (Å²) in [6.07, 6.45) is 9.18. The van der Waals surface area contributed by atoms with Crippen molar-refractivity contribution in [3.05, 3.63) is 23.8 Å². The standard InChI is InChI=1S/C9H14OSi/c1-8(11-10-2)9-6-4-3-5-7-9/h4,6-8H,3,5H2,1-2H3. The average molecular weight is 166 g/mol. The Hall–Kier alpha value is -0.343. The van der Waals surface area contributed by atoms with Gasteiger partial charge in [0.05, 0.1) is 0 Å². The van der Waals surface area contributed by atoms with Gasteiger partial charge in [-0.3, -0.25) is 0 Å². The van der Waals surface area contributed by atoms with Crippen molar-refractivity contribution in [2.45, 2.75) is 25.3 Å². The topological polar surface area (TPSA) is 9.23 Å². The Morgan fingerprint density at radius 1 is 1.55 bits per heavy atom. The molecule has 0 aromatic heterocycles. The summed E-state index contributed by atoms with van der Waals surface area (Å²) in [6, 6.07) is 0. The highest BCUT2D eigenvalue weighted by Gasteiger charge is 2.08. The van der Waals surface area contributed by atoms with Gasteiger partial charge < -0.3 is 4.43 Å². The van der Waals surface area contributed by atoms with Crippen molar-refractivity contribution < 1.29 is 4.43 Å². The van der Waals surface area contributed by atoms with Gasteiger partial charge in [0, 0.05) is 7.11 Å². The molecular weight excluding hydrogens is 152 g/mol. The molecule has 0 saturated carbocycles. The maximum Gasteiger partial charge on any atom is 0.237 e. The van der Waals surface area contributed by atoms with Crippen LogP contribution in [0.3, 0.4) is 0 Å². The lowest BCUT2D eigenvalue weighted by atomic mass is 10.1. The molecule has 0 N–H and O–H groups in total. The molecule has 1 atom stereocenters. The van der Waals surface area contributed by atoms with Crippen molar-refractivity contribution in [1.82, 2.24) is 0 Å². The van der Waals surface area contributed by atoms with Gasteiger partial charge in [-0.25, -0.2) is 0 Å². The van der Waals surface area contributed by atoms with Crippen molar-refractivity contribution in [2.75, 3.05) is 7.11 Å². The second kappa shape index (κ2) is 4.52. The number of rotatable bonds is 3. The van der Waals surface area contributed by atoms with Gasteiger partial charge in [-0.2, -0.15) is 0 Å². The fourth-order valence-corrected chi connectivity index (χ4v) is 1.90. The molecule has 1 aliphatic carbocycles. The lowest BCUT2D eigenvalue weighted by Crippen LogP contribution is -2.04. The van der Waals surface area contributed by atoms with Crippen molar-refractivity contribution in [3.63, 3.8) is 0 Å². The molecular formula is C9H14OSi. The number of allylic oxidation sites excluding steroid dienone is 4. The predicted octanol–water partition coefficient (Wildman–Crippen LogP) is 2.34. The van der Waals surface area contributed by atoms with Crippen molar-refractivity contribution >= 4 is 9.76 Å². The molecule has 60 valence electrons. The first-order valence-corrected chi connectivity index (χ1v) is 4.98. The van der Waals surface area contributed by atoms with Gasteiger partial charge in [0.1, 0.15) is 0 Å². The van der Waals surface area contributed by atoms with Crippen LogP contribution in [0, 0.1) is 0 Å². The zero-order valence-corrected chi connectivity index (χ0v) is 8.13. The summed E-state index contributed by atoms with van der Waals surface area (Å²) in [6.45, 7) is 2.21. The molecule has 0 heterocycles. The van der Waals surface area contributed by atoms with E-state index in [1.165, 1.54) is 18.4 Å². The third-order valence-corrected chi connectivity index (χ3v) is 2.74. The van der Waals surface area contributed by atoms with Crippen LogP contribution < -0.4 is 0 Å². The monoisotopic (exact) mass is 166 g/mol. The van der Waals surface area contributed by atoms with Gasteiger partial charge in [-0.1, -0.05) is 30.7 Å². The Labute approximate surface area is 71.1 Å². The van der Waals surface area contributed by atoms with Crippen LogP contribution in [0.1, 0.15) is 19.8 Å². The van der Waals surface area contributed by atoms with E-state index in [1.807, 2.05) is 0 Å². The van der Waals surface area contributed by atoms with E-state index >= 15 is 0 Å². The Kier molecular flexibility index (Phi) is 3.59. The van der Waals surface area contributed by atoms with Crippen LogP contribution in [0.5, 0.6) is 0 Å². The minimum Gasteiger partial charge on any atom is -0.420 e. The highest BCUT2D eigenvalue weighted by atomic mass is 28.2. The van der Waals surface area contributed by atoms with Gasteiger partial charge in [0.2, 0.25) is 9.76 Å². The molecule has 1 unspecified atom stereocenters. The summed E-state index contributed by atoms with van der Waals surface area (Å²) in [7, 11) is 2.37. The lowest BCUT2D eigenvalue weighted by Gasteiger charge is -2.12. The fraction of sp³-hybridized carbons (Fsp3) is 0.556. The molecule has 0 aliphatic heterocycles. The lowest BCUT2D eigenvalue weighted by molar-refractivity contribution is 0.436. The predicted molar refractivity (Wildman–Crippen MR) is 48.6 cm³/mol. The summed E-state index contributed by atoms with van der Waals surface area (Å²) in [5, 5.41) is 0. The zero-order valence-electron chi connectivity index (χ0n) is 7.13. The van der Waals surface area contributed by atoms with E-state index in [9.17, 15) is 0 Å². The molecule has 1 nitrogen and oxygen atoms in total. The molecule has 0 amide bonds. The van der Waals surface area contributed by atoms with Gasteiger partial charge in [0.25, 0.3) is 0 Å². The van der Waals surface area contributed by atoms with Crippen LogP contribution in [0.15, 0.2) is 23.8 Å². The van der Waals surface area contributed by atoms with Crippen LogP contribution in [0.4, 0.5) is 0 Å². The molecule has 0 fully saturated rings.